The first kappa shape index (κ1) is 19.5. The molecule has 7 heteroatoms. The molecule has 0 radical (unpaired) electrons. The van der Waals surface area contributed by atoms with Gasteiger partial charge in [0, 0.05) is 51.7 Å². The molecule has 29 heavy (non-hydrogen) atoms. The van der Waals surface area contributed by atoms with Gasteiger partial charge >= 0.3 is 0 Å². The zero-order valence-corrected chi connectivity index (χ0v) is 16.6. The minimum atomic E-state index is -0.289. The summed E-state index contributed by atoms with van der Waals surface area (Å²) in [5.74, 6) is 0.0842. The van der Waals surface area contributed by atoms with E-state index in [-0.39, 0.29) is 17.9 Å². The first-order valence-electron chi connectivity index (χ1n) is 10.4. The number of piperidine rings is 1. The third kappa shape index (κ3) is 4.45. The van der Waals surface area contributed by atoms with E-state index in [4.69, 9.17) is 0 Å². The van der Waals surface area contributed by atoms with Crippen LogP contribution in [0.15, 0.2) is 48.9 Å². The van der Waals surface area contributed by atoms with Gasteiger partial charge in [-0.3, -0.25) is 19.5 Å². The maximum atomic E-state index is 13.4. The van der Waals surface area contributed by atoms with Crippen LogP contribution in [0.1, 0.15) is 41.4 Å². The van der Waals surface area contributed by atoms with E-state index in [0.29, 0.717) is 31.9 Å². The van der Waals surface area contributed by atoms with Gasteiger partial charge in [-0.15, -0.1) is 0 Å². The zero-order chi connectivity index (χ0) is 20.1. The first-order chi connectivity index (χ1) is 14.2. The molecule has 2 aliphatic heterocycles. The fourth-order valence-corrected chi connectivity index (χ4v) is 4.19. The van der Waals surface area contributed by atoms with E-state index in [1.54, 1.807) is 11.1 Å². The van der Waals surface area contributed by atoms with Crippen LogP contribution in [0.3, 0.4) is 0 Å². The van der Waals surface area contributed by atoms with E-state index < -0.39 is 0 Å². The number of amides is 2. The summed E-state index contributed by atoms with van der Waals surface area (Å²) in [7, 11) is 0. The Hall–Kier alpha value is -2.80. The van der Waals surface area contributed by atoms with Crippen molar-refractivity contribution < 1.29 is 9.59 Å². The molecule has 1 unspecified atom stereocenters. The molecule has 2 amide bonds. The van der Waals surface area contributed by atoms with Crippen molar-refractivity contribution in [2.45, 2.75) is 25.3 Å². The Morgan fingerprint density at radius 1 is 0.828 bits per heavy atom. The number of nitrogens with zero attached hydrogens (tertiary/aromatic N) is 5. The summed E-state index contributed by atoms with van der Waals surface area (Å²) >= 11 is 0. The molecule has 4 rings (SSSR count). The van der Waals surface area contributed by atoms with E-state index in [0.717, 1.165) is 31.5 Å². The molecule has 2 aromatic rings. The molecule has 1 aromatic carbocycles. The average Bonchev–Trinajstić information content (AvgIpc) is 2.81. The van der Waals surface area contributed by atoms with Crippen molar-refractivity contribution in [1.82, 2.24) is 24.7 Å². The van der Waals surface area contributed by atoms with E-state index in [1.165, 1.54) is 18.8 Å². The number of aromatic nitrogens is 2. The van der Waals surface area contributed by atoms with Crippen LogP contribution in [0.5, 0.6) is 0 Å². The van der Waals surface area contributed by atoms with Crippen molar-refractivity contribution in [2.75, 3.05) is 39.3 Å². The normalized spacial score (nSPS) is 19.0. The highest BCUT2D eigenvalue weighted by molar-refractivity contribution is 5.92. The van der Waals surface area contributed by atoms with Crippen molar-refractivity contribution in [2.24, 2.45) is 0 Å². The summed E-state index contributed by atoms with van der Waals surface area (Å²) < 4.78 is 0. The highest BCUT2D eigenvalue weighted by Gasteiger charge is 2.34. The summed E-state index contributed by atoms with van der Waals surface area (Å²) in [6, 6.07) is 9.72. The second kappa shape index (κ2) is 9.13. The molecule has 0 N–H and O–H groups in total. The van der Waals surface area contributed by atoms with Gasteiger partial charge in [-0.05, 0) is 24.8 Å². The standard InChI is InChI=1S/C22H27N5O2/c28-21(19-17-23-9-10-24-19)27-15-13-25(14-16-27)20(18-7-3-1-4-8-18)22(29)26-11-5-2-6-12-26/h1,3-4,7-10,17,20H,2,5-6,11-16H2. The smallest absolute Gasteiger partial charge is 0.274 e. The number of carbonyl (C=O) groups excluding carboxylic acids is 2. The SMILES string of the molecule is O=C(c1cnccn1)N1CCN(C(C(=O)N2CCCCC2)c2ccccc2)CC1. The second-order valence-corrected chi connectivity index (χ2v) is 7.62. The van der Waals surface area contributed by atoms with E-state index in [1.807, 2.05) is 35.2 Å². The average molecular weight is 393 g/mol. The molecule has 0 aliphatic carbocycles. The number of piperazine rings is 1. The van der Waals surface area contributed by atoms with Gasteiger partial charge in [-0.1, -0.05) is 30.3 Å². The molecule has 1 atom stereocenters. The number of hydrogen-bond donors (Lipinski definition) is 0. The van der Waals surface area contributed by atoms with Gasteiger partial charge in [0.15, 0.2) is 0 Å². The maximum Gasteiger partial charge on any atom is 0.274 e. The van der Waals surface area contributed by atoms with Gasteiger partial charge in [0.25, 0.3) is 5.91 Å². The fourth-order valence-electron chi connectivity index (χ4n) is 4.19. The summed E-state index contributed by atoms with van der Waals surface area (Å²) in [4.78, 5) is 40.2. The van der Waals surface area contributed by atoms with Crippen LogP contribution in [-0.4, -0.2) is 75.8 Å². The number of hydrogen-bond acceptors (Lipinski definition) is 5. The summed E-state index contributed by atoms with van der Waals surface area (Å²) in [6.45, 7) is 4.15. The minimum absolute atomic E-state index is 0.101. The van der Waals surface area contributed by atoms with Crippen molar-refractivity contribution in [3.8, 4) is 0 Å². The zero-order valence-electron chi connectivity index (χ0n) is 16.6. The van der Waals surface area contributed by atoms with Gasteiger partial charge in [0.2, 0.25) is 5.91 Å². The molecule has 3 heterocycles. The molecule has 0 bridgehead atoms. The summed E-state index contributed by atoms with van der Waals surface area (Å²) in [5.41, 5.74) is 1.39. The highest BCUT2D eigenvalue weighted by Crippen LogP contribution is 2.26. The predicted octanol–water partition coefficient (Wildman–Crippen LogP) is 1.99. The molecule has 1 aromatic heterocycles. The number of carbonyl (C=O) groups is 2. The van der Waals surface area contributed by atoms with Crippen LogP contribution in [0.2, 0.25) is 0 Å². The van der Waals surface area contributed by atoms with Crippen LogP contribution in [0, 0.1) is 0 Å². The second-order valence-electron chi connectivity index (χ2n) is 7.62. The Morgan fingerprint density at radius 3 is 2.21 bits per heavy atom. The monoisotopic (exact) mass is 393 g/mol. The van der Waals surface area contributed by atoms with E-state index >= 15 is 0 Å². The molecule has 0 saturated carbocycles. The van der Waals surface area contributed by atoms with E-state index in [2.05, 4.69) is 14.9 Å². The minimum Gasteiger partial charge on any atom is -0.341 e. The molecule has 2 saturated heterocycles. The molecule has 2 aliphatic rings. The summed E-state index contributed by atoms with van der Waals surface area (Å²) in [6.07, 6.45) is 7.95. The number of likely N-dealkylation sites (tertiary alicyclic amines) is 1. The van der Waals surface area contributed by atoms with Crippen LogP contribution >= 0.6 is 0 Å². The van der Waals surface area contributed by atoms with Crippen LogP contribution < -0.4 is 0 Å². The van der Waals surface area contributed by atoms with Crippen molar-refractivity contribution in [3.05, 3.63) is 60.2 Å². The Labute approximate surface area is 171 Å². The topological polar surface area (TPSA) is 69.6 Å². The molecular formula is C22H27N5O2. The van der Waals surface area contributed by atoms with Crippen molar-refractivity contribution >= 4 is 11.8 Å². The van der Waals surface area contributed by atoms with Crippen LogP contribution in [-0.2, 0) is 4.79 Å². The third-order valence-corrected chi connectivity index (χ3v) is 5.77. The predicted molar refractivity (Wildman–Crippen MR) is 109 cm³/mol. The van der Waals surface area contributed by atoms with Gasteiger partial charge in [-0.2, -0.15) is 0 Å². The molecule has 7 nitrogen and oxygen atoms in total. The quantitative estimate of drug-likeness (QED) is 0.795. The lowest BCUT2D eigenvalue weighted by atomic mass is 10.0. The third-order valence-electron chi connectivity index (χ3n) is 5.77. The molecule has 152 valence electrons. The first-order valence-corrected chi connectivity index (χ1v) is 10.4. The Kier molecular flexibility index (Phi) is 6.14. The molecule has 0 spiro atoms. The maximum absolute atomic E-state index is 13.4. The van der Waals surface area contributed by atoms with Crippen molar-refractivity contribution in [1.29, 1.82) is 0 Å². The van der Waals surface area contributed by atoms with E-state index in [9.17, 15) is 9.59 Å². The largest absolute Gasteiger partial charge is 0.341 e. The van der Waals surface area contributed by atoms with Gasteiger partial charge < -0.3 is 9.80 Å². The van der Waals surface area contributed by atoms with Crippen LogP contribution in [0.4, 0.5) is 0 Å². The lowest BCUT2D eigenvalue weighted by Gasteiger charge is -2.41. The molecule has 2 fully saturated rings. The number of benzene rings is 1. The summed E-state index contributed by atoms with van der Waals surface area (Å²) in [5, 5.41) is 0. The van der Waals surface area contributed by atoms with Gasteiger partial charge in [-0.25, -0.2) is 4.98 Å². The van der Waals surface area contributed by atoms with Gasteiger partial charge in [0.1, 0.15) is 11.7 Å². The molecular weight excluding hydrogens is 366 g/mol. The van der Waals surface area contributed by atoms with Crippen LogP contribution in [0.25, 0.3) is 0 Å². The lowest BCUT2D eigenvalue weighted by molar-refractivity contribution is -0.138. The fraction of sp³-hybridized carbons (Fsp3) is 0.455. The Bertz CT molecular complexity index is 816. The Balaban J connectivity index is 1.48. The highest BCUT2D eigenvalue weighted by atomic mass is 16.2. The Morgan fingerprint density at radius 2 is 1.55 bits per heavy atom. The van der Waals surface area contributed by atoms with Gasteiger partial charge in [0.05, 0.1) is 6.20 Å². The van der Waals surface area contributed by atoms with Crippen molar-refractivity contribution in [3.63, 3.8) is 0 Å². The lowest BCUT2D eigenvalue weighted by Crippen LogP contribution is -2.53. The number of rotatable bonds is 4.